The van der Waals surface area contributed by atoms with Crippen molar-refractivity contribution in [1.29, 1.82) is 0 Å². The smallest absolute Gasteiger partial charge is 0.244 e. The molecule has 1 aromatic carbocycles. The molecule has 0 bridgehead atoms. The average Bonchev–Trinajstić information content (AvgIpc) is 2.64. The zero-order valence-corrected chi connectivity index (χ0v) is 17.1. The number of aromatic nitrogens is 1. The number of amides is 1. The Balaban J connectivity index is 2.16. The molecule has 152 valence electrons. The Kier molecular flexibility index (Phi) is 7.09. The minimum atomic E-state index is -4.19. The number of hydrogen-bond acceptors (Lipinski definition) is 5. The van der Waals surface area contributed by atoms with Gasteiger partial charge < -0.3 is 10.2 Å². The molecule has 0 saturated heterocycles. The highest BCUT2D eigenvalue weighted by molar-refractivity contribution is 7.89. The van der Waals surface area contributed by atoms with E-state index in [1.54, 1.807) is 26.1 Å². The van der Waals surface area contributed by atoms with Crippen LogP contribution in [0.3, 0.4) is 0 Å². The van der Waals surface area contributed by atoms with E-state index in [0.29, 0.717) is 5.82 Å². The van der Waals surface area contributed by atoms with Gasteiger partial charge in [0.1, 0.15) is 22.6 Å². The molecule has 2 N–H and O–H groups in total. The summed E-state index contributed by atoms with van der Waals surface area (Å²) in [6.07, 6.45) is 1.65. The first-order chi connectivity index (χ1) is 13.1. The lowest BCUT2D eigenvalue weighted by molar-refractivity contribution is -0.123. The Bertz CT molecular complexity index is 932. The summed E-state index contributed by atoms with van der Waals surface area (Å²) in [5, 5.41) is 2.74. The lowest BCUT2D eigenvalue weighted by atomic mass is 10.0. The van der Waals surface area contributed by atoms with Crippen LogP contribution in [0.2, 0.25) is 0 Å². The number of halogens is 1. The molecule has 0 unspecified atom stereocenters. The van der Waals surface area contributed by atoms with Crippen LogP contribution in [0.15, 0.2) is 47.5 Å². The molecule has 9 heteroatoms. The van der Waals surface area contributed by atoms with E-state index in [1.165, 1.54) is 12.1 Å². The molecule has 0 aliphatic carbocycles. The van der Waals surface area contributed by atoms with Gasteiger partial charge in [-0.2, -0.15) is 4.72 Å². The van der Waals surface area contributed by atoms with Gasteiger partial charge in [0.05, 0.1) is 0 Å². The number of benzene rings is 1. The molecule has 0 fully saturated rings. The number of carbonyl (C=O) groups is 1. The summed E-state index contributed by atoms with van der Waals surface area (Å²) in [6, 6.07) is 7.58. The Labute approximate surface area is 165 Å². The van der Waals surface area contributed by atoms with E-state index < -0.39 is 32.7 Å². The molecule has 0 aliphatic rings. The Morgan fingerprint density at radius 3 is 2.46 bits per heavy atom. The molecular formula is C19H25FN4O3S. The minimum absolute atomic E-state index is 0.185. The third-order valence-electron chi connectivity index (χ3n) is 4.10. The second-order valence-electron chi connectivity index (χ2n) is 6.87. The van der Waals surface area contributed by atoms with Gasteiger partial charge in [-0.1, -0.05) is 32.0 Å². The normalized spacial score (nSPS) is 12.6. The first-order valence-corrected chi connectivity index (χ1v) is 10.3. The number of nitrogens with zero attached hydrogens (tertiary/aromatic N) is 2. The van der Waals surface area contributed by atoms with E-state index in [4.69, 9.17) is 0 Å². The quantitative estimate of drug-likeness (QED) is 0.696. The monoisotopic (exact) mass is 408 g/mol. The zero-order chi connectivity index (χ0) is 20.9. The Hall–Kier alpha value is -2.52. The number of hydrogen-bond donors (Lipinski definition) is 2. The van der Waals surface area contributed by atoms with Gasteiger partial charge in [0, 0.05) is 32.4 Å². The molecular weight excluding hydrogens is 383 g/mol. The molecule has 0 spiro atoms. The molecule has 28 heavy (non-hydrogen) atoms. The van der Waals surface area contributed by atoms with Crippen LogP contribution >= 0.6 is 0 Å². The largest absolute Gasteiger partial charge is 0.362 e. The highest BCUT2D eigenvalue weighted by Crippen LogP contribution is 2.17. The van der Waals surface area contributed by atoms with Crippen molar-refractivity contribution in [1.82, 2.24) is 15.0 Å². The first kappa shape index (κ1) is 21.8. The Morgan fingerprint density at radius 1 is 1.18 bits per heavy atom. The van der Waals surface area contributed by atoms with Crippen molar-refractivity contribution in [2.24, 2.45) is 5.92 Å². The van der Waals surface area contributed by atoms with Gasteiger partial charge in [-0.05, 0) is 24.1 Å². The molecule has 7 nitrogen and oxygen atoms in total. The number of rotatable bonds is 8. The fraction of sp³-hybridized carbons (Fsp3) is 0.368. The molecule has 0 radical (unpaired) electrons. The molecule has 1 aromatic heterocycles. The number of pyridine rings is 1. The van der Waals surface area contributed by atoms with Crippen molar-refractivity contribution in [2.75, 3.05) is 19.0 Å². The first-order valence-electron chi connectivity index (χ1n) is 8.79. The SMILES string of the molecule is CC(C)[C@H](NS(=O)(=O)c1ccccc1F)C(=O)NCc1cccnc1N(C)C. The summed E-state index contributed by atoms with van der Waals surface area (Å²) < 4.78 is 41.3. The van der Waals surface area contributed by atoms with Crippen LogP contribution in [-0.2, 0) is 21.4 Å². The van der Waals surface area contributed by atoms with Gasteiger partial charge in [0.15, 0.2) is 0 Å². The lowest BCUT2D eigenvalue weighted by Crippen LogP contribution is -2.49. The standard InChI is InChI=1S/C19H25FN4O3S/c1-13(2)17(23-28(26,27)16-10-6-5-9-15(16)20)19(25)22-12-14-8-7-11-21-18(14)24(3)4/h5-11,13,17,23H,12H2,1-4H3,(H,22,25)/t17-/m0/s1. The van der Waals surface area contributed by atoms with Crippen LogP contribution < -0.4 is 14.9 Å². The third-order valence-corrected chi connectivity index (χ3v) is 5.58. The average molecular weight is 408 g/mol. The highest BCUT2D eigenvalue weighted by atomic mass is 32.2. The highest BCUT2D eigenvalue weighted by Gasteiger charge is 2.29. The van der Waals surface area contributed by atoms with Crippen molar-refractivity contribution in [3.05, 3.63) is 54.0 Å². The Morgan fingerprint density at radius 2 is 1.86 bits per heavy atom. The van der Waals surface area contributed by atoms with Crippen molar-refractivity contribution in [2.45, 2.75) is 31.3 Å². The van der Waals surface area contributed by atoms with E-state index in [2.05, 4.69) is 15.0 Å². The van der Waals surface area contributed by atoms with E-state index in [1.807, 2.05) is 25.1 Å². The summed E-state index contributed by atoms with van der Waals surface area (Å²) in [5.74, 6) is -1.01. The molecule has 1 amide bonds. The maximum Gasteiger partial charge on any atom is 0.244 e. The van der Waals surface area contributed by atoms with Gasteiger partial charge in [-0.15, -0.1) is 0 Å². The van der Waals surface area contributed by atoms with Crippen molar-refractivity contribution < 1.29 is 17.6 Å². The molecule has 1 heterocycles. The van der Waals surface area contributed by atoms with Crippen molar-refractivity contribution >= 4 is 21.7 Å². The number of anilines is 1. The van der Waals surface area contributed by atoms with Crippen LogP contribution in [0.4, 0.5) is 10.2 Å². The minimum Gasteiger partial charge on any atom is -0.362 e. The topological polar surface area (TPSA) is 91.4 Å². The second-order valence-corrected chi connectivity index (χ2v) is 8.55. The predicted octanol–water partition coefficient (Wildman–Crippen LogP) is 1.91. The molecule has 0 aliphatic heterocycles. The van der Waals surface area contributed by atoms with E-state index in [-0.39, 0.29) is 12.5 Å². The maximum absolute atomic E-state index is 13.9. The molecule has 2 rings (SSSR count). The van der Waals surface area contributed by atoms with Gasteiger partial charge >= 0.3 is 0 Å². The fourth-order valence-corrected chi connectivity index (χ4v) is 4.07. The zero-order valence-electron chi connectivity index (χ0n) is 16.3. The van der Waals surface area contributed by atoms with E-state index in [0.717, 1.165) is 17.7 Å². The lowest BCUT2D eigenvalue weighted by Gasteiger charge is -2.22. The van der Waals surface area contributed by atoms with Crippen LogP contribution in [0.1, 0.15) is 19.4 Å². The van der Waals surface area contributed by atoms with Gasteiger partial charge in [0.25, 0.3) is 0 Å². The third kappa shape index (κ3) is 5.26. The summed E-state index contributed by atoms with van der Waals surface area (Å²) in [7, 11) is -0.510. The van der Waals surface area contributed by atoms with Gasteiger partial charge in [0.2, 0.25) is 15.9 Å². The predicted molar refractivity (Wildman–Crippen MR) is 106 cm³/mol. The summed E-state index contributed by atoms with van der Waals surface area (Å²) in [4.78, 5) is 18.3. The number of sulfonamides is 1. The van der Waals surface area contributed by atoms with E-state index in [9.17, 15) is 17.6 Å². The fourth-order valence-electron chi connectivity index (χ4n) is 2.65. The van der Waals surface area contributed by atoms with Gasteiger partial charge in [-0.3, -0.25) is 4.79 Å². The number of nitrogens with one attached hydrogen (secondary N) is 2. The summed E-state index contributed by atoms with van der Waals surface area (Å²) in [5.41, 5.74) is 0.792. The van der Waals surface area contributed by atoms with Crippen LogP contribution in [-0.4, -0.2) is 39.4 Å². The molecule has 1 atom stereocenters. The molecule has 2 aromatic rings. The second kappa shape index (κ2) is 9.11. The van der Waals surface area contributed by atoms with Gasteiger partial charge in [-0.25, -0.2) is 17.8 Å². The molecule has 0 saturated carbocycles. The van der Waals surface area contributed by atoms with Crippen molar-refractivity contribution in [3.8, 4) is 0 Å². The number of carbonyl (C=O) groups excluding carboxylic acids is 1. The summed E-state index contributed by atoms with van der Waals surface area (Å²) >= 11 is 0. The van der Waals surface area contributed by atoms with Crippen LogP contribution in [0, 0.1) is 11.7 Å². The van der Waals surface area contributed by atoms with Crippen molar-refractivity contribution in [3.63, 3.8) is 0 Å². The summed E-state index contributed by atoms with van der Waals surface area (Å²) in [6.45, 7) is 3.61. The van der Waals surface area contributed by atoms with E-state index >= 15 is 0 Å². The van der Waals surface area contributed by atoms with Crippen LogP contribution in [0.5, 0.6) is 0 Å². The van der Waals surface area contributed by atoms with Crippen LogP contribution in [0.25, 0.3) is 0 Å². The maximum atomic E-state index is 13.9.